The number of nitro groups is 1. The average Bonchev–Trinajstić information content (AvgIpc) is 2.30. The largest absolute Gasteiger partial charge is 0.302 e. The minimum atomic E-state index is -0.374. The number of rotatable bonds is 2. The second-order valence-electron chi connectivity index (χ2n) is 4.33. The molecule has 0 atom stereocenters. The Bertz CT molecular complexity index is 483. The number of hydrogen-bond acceptors (Lipinski definition) is 4. The van der Waals surface area contributed by atoms with E-state index in [9.17, 15) is 10.1 Å². The Kier molecular flexibility index (Phi) is 3.19. The lowest BCUT2D eigenvalue weighted by atomic mass is 10.0. The van der Waals surface area contributed by atoms with Crippen molar-refractivity contribution in [3.63, 3.8) is 0 Å². The number of nitrogens with zero attached hydrogens (tertiary/aromatic N) is 3. The molecule has 17 heavy (non-hydrogen) atoms. The lowest BCUT2D eigenvalue weighted by Crippen LogP contribution is -2.23. The van der Waals surface area contributed by atoms with E-state index >= 15 is 0 Å². The van der Waals surface area contributed by atoms with E-state index in [1.807, 2.05) is 0 Å². The molecule has 0 unspecified atom stereocenters. The highest BCUT2D eigenvalue weighted by Gasteiger charge is 2.16. The topological polar surface area (TPSA) is 59.3 Å². The summed E-state index contributed by atoms with van der Waals surface area (Å²) in [6, 6.07) is 1.62. The second-order valence-corrected chi connectivity index (χ2v) is 4.33. The Labute approximate surface area is 99.9 Å². The van der Waals surface area contributed by atoms with Crippen LogP contribution in [-0.2, 0) is 0 Å². The van der Waals surface area contributed by atoms with Crippen LogP contribution in [0, 0.1) is 17.0 Å². The molecule has 0 bridgehead atoms. The van der Waals surface area contributed by atoms with Gasteiger partial charge in [-0.2, -0.15) is 0 Å². The fourth-order valence-corrected chi connectivity index (χ4v) is 1.91. The van der Waals surface area contributed by atoms with Crippen LogP contribution in [0.2, 0.25) is 0 Å². The molecule has 1 aliphatic heterocycles. The Hall–Kier alpha value is -1.75. The van der Waals surface area contributed by atoms with E-state index in [1.165, 1.54) is 0 Å². The van der Waals surface area contributed by atoms with Gasteiger partial charge in [0.15, 0.2) is 0 Å². The lowest BCUT2D eigenvalue weighted by molar-refractivity contribution is -0.385. The molecule has 1 aromatic heterocycles. The number of aromatic nitrogens is 1. The van der Waals surface area contributed by atoms with Crippen molar-refractivity contribution in [3.05, 3.63) is 39.7 Å². The zero-order valence-electron chi connectivity index (χ0n) is 10.0. The third-order valence-corrected chi connectivity index (χ3v) is 3.04. The third-order valence-electron chi connectivity index (χ3n) is 3.04. The maximum atomic E-state index is 10.8. The molecule has 0 amide bonds. The Morgan fingerprint density at radius 3 is 2.88 bits per heavy atom. The van der Waals surface area contributed by atoms with Crippen LogP contribution < -0.4 is 0 Å². The van der Waals surface area contributed by atoms with Gasteiger partial charge in [0, 0.05) is 30.9 Å². The average molecular weight is 233 g/mol. The summed E-state index contributed by atoms with van der Waals surface area (Å²) in [4.78, 5) is 16.8. The van der Waals surface area contributed by atoms with Crippen molar-refractivity contribution in [1.29, 1.82) is 0 Å². The van der Waals surface area contributed by atoms with E-state index in [-0.39, 0.29) is 10.6 Å². The number of hydrogen-bond donors (Lipinski definition) is 0. The molecule has 1 aliphatic rings. The number of likely N-dealkylation sites (N-methyl/N-ethyl adjacent to an activating group) is 1. The molecule has 0 saturated heterocycles. The molecule has 90 valence electrons. The quantitative estimate of drug-likeness (QED) is 0.579. The van der Waals surface area contributed by atoms with Crippen molar-refractivity contribution < 1.29 is 4.92 Å². The highest BCUT2D eigenvalue weighted by atomic mass is 16.6. The molecule has 2 rings (SSSR count). The molecule has 1 aromatic rings. The van der Waals surface area contributed by atoms with E-state index in [0.717, 1.165) is 30.6 Å². The summed E-state index contributed by atoms with van der Waals surface area (Å²) in [7, 11) is 2.06. The van der Waals surface area contributed by atoms with Crippen LogP contribution in [0.3, 0.4) is 0 Å². The van der Waals surface area contributed by atoms with Gasteiger partial charge >= 0.3 is 0 Å². The van der Waals surface area contributed by atoms with Crippen LogP contribution in [0.1, 0.15) is 17.7 Å². The monoisotopic (exact) mass is 233 g/mol. The van der Waals surface area contributed by atoms with Gasteiger partial charge < -0.3 is 4.90 Å². The van der Waals surface area contributed by atoms with Crippen LogP contribution in [-0.4, -0.2) is 34.9 Å². The summed E-state index contributed by atoms with van der Waals surface area (Å²) in [5.41, 5.74) is 2.59. The normalized spacial score (nSPS) is 16.7. The highest BCUT2D eigenvalue weighted by molar-refractivity contribution is 5.68. The molecule has 0 N–H and O–H groups in total. The standard InChI is InChI=1S/C12H15N3O2/c1-9-12(15(16)17)7-11(8-13-9)10-3-5-14(2)6-4-10/h3,7-8H,4-6H2,1-2H3. The van der Waals surface area contributed by atoms with Gasteiger partial charge in [0.05, 0.1) is 4.92 Å². The second kappa shape index (κ2) is 4.63. The van der Waals surface area contributed by atoms with Crippen molar-refractivity contribution in [3.8, 4) is 0 Å². The first kappa shape index (κ1) is 11.7. The molecule has 0 aromatic carbocycles. The van der Waals surface area contributed by atoms with Gasteiger partial charge in [-0.15, -0.1) is 0 Å². The summed E-state index contributed by atoms with van der Waals surface area (Å²) >= 11 is 0. The van der Waals surface area contributed by atoms with Gasteiger partial charge in [-0.1, -0.05) is 6.08 Å². The highest BCUT2D eigenvalue weighted by Crippen LogP contribution is 2.25. The smallest absolute Gasteiger partial charge is 0.291 e. The summed E-state index contributed by atoms with van der Waals surface area (Å²) in [6.45, 7) is 3.52. The van der Waals surface area contributed by atoms with Crippen molar-refractivity contribution >= 4 is 11.3 Å². The Morgan fingerprint density at radius 2 is 2.29 bits per heavy atom. The summed E-state index contributed by atoms with van der Waals surface area (Å²) in [5.74, 6) is 0. The van der Waals surface area contributed by atoms with Crippen LogP contribution >= 0.6 is 0 Å². The molecule has 0 fully saturated rings. The number of aryl methyl sites for hydroxylation is 1. The van der Waals surface area contributed by atoms with Crippen molar-refractivity contribution in [2.24, 2.45) is 0 Å². The maximum absolute atomic E-state index is 10.8. The fraction of sp³-hybridized carbons (Fsp3) is 0.417. The van der Waals surface area contributed by atoms with E-state index < -0.39 is 0 Å². The summed E-state index contributed by atoms with van der Waals surface area (Å²) in [6.07, 6.45) is 4.75. The summed E-state index contributed by atoms with van der Waals surface area (Å²) < 4.78 is 0. The predicted molar refractivity (Wildman–Crippen MR) is 65.7 cm³/mol. The molecule has 5 nitrogen and oxygen atoms in total. The van der Waals surface area contributed by atoms with Crippen LogP contribution in [0.15, 0.2) is 18.3 Å². The van der Waals surface area contributed by atoms with Gasteiger partial charge in [0.1, 0.15) is 5.69 Å². The van der Waals surface area contributed by atoms with Crippen LogP contribution in [0.25, 0.3) is 5.57 Å². The SMILES string of the molecule is Cc1ncc(C2=CCN(C)CC2)cc1[N+](=O)[O-]. The van der Waals surface area contributed by atoms with Crippen molar-refractivity contribution in [2.75, 3.05) is 20.1 Å². The minimum absolute atomic E-state index is 0.0994. The molecule has 2 heterocycles. The Morgan fingerprint density at radius 1 is 1.53 bits per heavy atom. The molecule has 0 saturated carbocycles. The van der Waals surface area contributed by atoms with Gasteiger partial charge in [-0.05, 0) is 26.0 Å². The molecule has 0 aliphatic carbocycles. The van der Waals surface area contributed by atoms with Gasteiger partial charge in [0.2, 0.25) is 0 Å². The zero-order chi connectivity index (χ0) is 12.4. The molecular formula is C12H15N3O2. The predicted octanol–water partition coefficient (Wildman–Crippen LogP) is 2.02. The summed E-state index contributed by atoms with van der Waals surface area (Å²) in [5, 5.41) is 10.8. The third kappa shape index (κ3) is 2.50. The first-order valence-corrected chi connectivity index (χ1v) is 5.57. The van der Waals surface area contributed by atoms with E-state index in [0.29, 0.717) is 5.69 Å². The van der Waals surface area contributed by atoms with Crippen LogP contribution in [0.5, 0.6) is 0 Å². The zero-order valence-corrected chi connectivity index (χ0v) is 10.0. The van der Waals surface area contributed by atoms with Crippen molar-refractivity contribution in [2.45, 2.75) is 13.3 Å². The van der Waals surface area contributed by atoms with E-state index in [1.54, 1.807) is 19.2 Å². The minimum Gasteiger partial charge on any atom is -0.302 e. The van der Waals surface area contributed by atoms with E-state index in [2.05, 4.69) is 23.0 Å². The maximum Gasteiger partial charge on any atom is 0.291 e. The van der Waals surface area contributed by atoms with E-state index in [4.69, 9.17) is 0 Å². The van der Waals surface area contributed by atoms with Gasteiger partial charge in [-0.25, -0.2) is 0 Å². The molecular weight excluding hydrogens is 218 g/mol. The van der Waals surface area contributed by atoms with Gasteiger partial charge in [0.25, 0.3) is 5.69 Å². The first-order chi connectivity index (χ1) is 8.08. The molecule has 0 spiro atoms. The van der Waals surface area contributed by atoms with Crippen molar-refractivity contribution in [1.82, 2.24) is 9.88 Å². The Balaban J connectivity index is 2.34. The number of pyridine rings is 1. The fourth-order valence-electron chi connectivity index (χ4n) is 1.91. The lowest BCUT2D eigenvalue weighted by Gasteiger charge is -2.21. The molecule has 0 radical (unpaired) electrons. The van der Waals surface area contributed by atoms with Gasteiger partial charge in [-0.3, -0.25) is 15.1 Å². The first-order valence-electron chi connectivity index (χ1n) is 5.57. The van der Waals surface area contributed by atoms with Crippen LogP contribution in [0.4, 0.5) is 5.69 Å². The molecule has 5 heteroatoms.